The summed E-state index contributed by atoms with van der Waals surface area (Å²) in [5, 5.41) is 16.8. The van der Waals surface area contributed by atoms with Gasteiger partial charge in [0, 0.05) is 62.7 Å². The molecular formula is C25H28ClFN6O3S. The number of halogens is 2. The van der Waals surface area contributed by atoms with Gasteiger partial charge in [-0.2, -0.15) is 0 Å². The minimum atomic E-state index is -0.423. The minimum absolute atomic E-state index is 0. The standard InChI is InChI=1S/C25H27FN6O3S.ClH/c26-17-9-28-18-2-4-22(35)32-12-15(23(17)24(18)32)11-31-6-5-19(33)14(10-31)7-27-8-16-1-3-20-25(29-16)30-21(34)13-36-20;/h1-4,9,14-15,19,27,33H,5-8,10-13H2,(H,29,30,34);1H/t14-,15?,19+;/m0./s1. The second kappa shape index (κ2) is 10.7. The number of pyridine rings is 3. The number of aliphatic hydroxyl groups is 1. The van der Waals surface area contributed by atoms with Crippen molar-refractivity contribution in [3.8, 4) is 0 Å². The summed E-state index contributed by atoms with van der Waals surface area (Å²) in [7, 11) is 0. The van der Waals surface area contributed by atoms with E-state index in [0.717, 1.165) is 17.1 Å². The molecule has 0 radical (unpaired) electrons. The molecule has 9 nitrogen and oxygen atoms in total. The highest BCUT2D eigenvalue weighted by Gasteiger charge is 2.34. The first-order valence-corrected chi connectivity index (χ1v) is 13.2. The van der Waals surface area contributed by atoms with E-state index in [0.29, 0.717) is 67.3 Å². The summed E-state index contributed by atoms with van der Waals surface area (Å²) < 4.78 is 16.4. The molecule has 3 atom stereocenters. The Labute approximate surface area is 223 Å². The summed E-state index contributed by atoms with van der Waals surface area (Å²) in [5.74, 6) is 0.478. The molecule has 3 aromatic rings. The minimum Gasteiger partial charge on any atom is -0.393 e. The van der Waals surface area contributed by atoms with Gasteiger partial charge in [0.25, 0.3) is 5.56 Å². The molecular weight excluding hydrogens is 519 g/mol. The van der Waals surface area contributed by atoms with Crippen molar-refractivity contribution in [1.82, 2.24) is 24.8 Å². The molecule has 37 heavy (non-hydrogen) atoms. The Kier molecular flexibility index (Phi) is 7.51. The van der Waals surface area contributed by atoms with Crippen LogP contribution in [0.1, 0.15) is 23.6 Å². The predicted molar refractivity (Wildman–Crippen MR) is 142 cm³/mol. The number of nitrogens with one attached hydrogen (secondary N) is 2. The number of hydrogen-bond acceptors (Lipinski definition) is 8. The maximum absolute atomic E-state index is 14.8. The molecule has 3 N–H and O–H groups in total. The lowest BCUT2D eigenvalue weighted by Gasteiger charge is -2.37. The van der Waals surface area contributed by atoms with Gasteiger partial charge in [-0.15, -0.1) is 24.2 Å². The van der Waals surface area contributed by atoms with E-state index >= 15 is 0 Å². The number of aliphatic hydroxyl groups excluding tert-OH is 1. The second-order valence-electron chi connectivity index (χ2n) is 9.73. The van der Waals surface area contributed by atoms with Crippen LogP contribution >= 0.6 is 24.2 Å². The third kappa shape index (κ3) is 5.10. The van der Waals surface area contributed by atoms with Gasteiger partial charge in [-0.1, -0.05) is 0 Å². The predicted octanol–water partition coefficient (Wildman–Crippen LogP) is 1.97. The average Bonchev–Trinajstić information content (AvgIpc) is 3.25. The van der Waals surface area contributed by atoms with Gasteiger partial charge in [0.15, 0.2) is 0 Å². The lowest BCUT2D eigenvalue weighted by molar-refractivity contribution is -0.113. The third-order valence-electron chi connectivity index (χ3n) is 7.30. The van der Waals surface area contributed by atoms with E-state index in [9.17, 15) is 19.1 Å². The molecule has 6 rings (SSSR count). The van der Waals surface area contributed by atoms with Crippen LogP contribution < -0.4 is 16.2 Å². The quantitative estimate of drug-likeness (QED) is 0.430. The molecule has 12 heteroatoms. The second-order valence-corrected chi connectivity index (χ2v) is 10.7. The van der Waals surface area contributed by atoms with E-state index in [1.54, 1.807) is 10.6 Å². The highest BCUT2D eigenvalue weighted by Crippen LogP contribution is 2.35. The number of anilines is 1. The van der Waals surface area contributed by atoms with E-state index in [2.05, 4.69) is 25.5 Å². The number of aromatic nitrogens is 3. The molecule has 0 aliphatic carbocycles. The van der Waals surface area contributed by atoms with Crippen LogP contribution in [0.4, 0.5) is 10.2 Å². The van der Waals surface area contributed by atoms with E-state index in [4.69, 9.17) is 0 Å². The van der Waals surface area contributed by atoms with E-state index in [1.165, 1.54) is 24.0 Å². The van der Waals surface area contributed by atoms with E-state index in [1.807, 2.05) is 12.1 Å². The topological polar surface area (TPSA) is 112 Å². The maximum atomic E-state index is 14.8. The number of nitrogens with zero attached hydrogens (tertiary/aromatic N) is 4. The highest BCUT2D eigenvalue weighted by molar-refractivity contribution is 8.00. The van der Waals surface area contributed by atoms with Gasteiger partial charge in [0.05, 0.1) is 39.7 Å². The number of carbonyl (C=O) groups excluding carboxylic acids is 1. The van der Waals surface area contributed by atoms with Gasteiger partial charge in [0.2, 0.25) is 5.91 Å². The summed E-state index contributed by atoms with van der Waals surface area (Å²) in [6.45, 7) is 3.59. The third-order valence-corrected chi connectivity index (χ3v) is 8.35. The SMILES string of the molecule is Cl.O=C1CSc2ccc(CNC[C@H]3CN(CC4Cn5c(=O)ccc6ncc(F)c4c65)CC[C@H]3O)nc2N1. The average molecular weight is 547 g/mol. The first kappa shape index (κ1) is 26.1. The summed E-state index contributed by atoms with van der Waals surface area (Å²) in [4.78, 5) is 36.0. The Morgan fingerprint density at radius 2 is 2.08 bits per heavy atom. The van der Waals surface area contributed by atoms with Crippen molar-refractivity contribution in [2.75, 3.05) is 37.2 Å². The van der Waals surface area contributed by atoms with Crippen LogP contribution in [0.5, 0.6) is 0 Å². The molecule has 1 saturated heterocycles. The molecule has 1 amide bonds. The highest BCUT2D eigenvalue weighted by atomic mass is 35.5. The van der Waals surface area contributed by atoms with Gasteiger partial charge < -0.3 is 25.2 Å². The molecule has 6 heterocycles. The number of piperidine rings is 1. The van der Waals surface area contributed by atoms with Crippen molar-refractivity contribution in [3.63, 3.8) is 0 Å². The van der Waals surface area contributed by atoms with Gasteiger partial charge in [-0.25, -0.2) is 9.37 Å². The summed E-state index contributed by atoms with van der Waals surface area (Å²) >= 11 is 1.48. The van der Waals surface area contributed by atoms with Gasteiger partial charge in [-0.3, -0.25) is 14.6 Å². The molecule has 3 aliphatic heterocycles. The Morgan fingerprint density at radius 1 is 1.22 bits per heavy atom. The Hall–Kier alpha value is -2.57. The molecule has 196 valence electrons. The molecule has 0 aromatic carbocycles. The summed E-state index contributed by atoms with van der Waals surface area (Å²) in [6, 6.07) is 7.07. The number of likely N-dealkylation sites (tertiary alicyclic amines) is 1. The van der Waals surface area contributed by atoms with Crippen molar-refractivity contribution >= 4 is 46.9 Å². The smallest absolute Gasteiger partial charge is 0.251 e. The molecule has 0 spiro atoms. The molecule has 3 aromatic heterocycles. The fourth-order valence-electron chi connectivity index (χ4n) is 5.56. The van der Waals surface area contributed by atoms with Crippen molar-refractivity contribution in [2.24, 2.45) is 5.92 Å². The monoisotopic (exact) mass is 546 g/mol. The fourth-order valence-corrected chi connectivity index (χ4v) is 6.31. The number of hydrogen-bond donors (Lipinski definition) is 3. The van der Waals surface area contributed by atoms with Crippen LogP contribution in [-0.2, 0) is 17.9 Å². The van der Waals surface area contributed by atoms with Crippen molar-refractivity contribution in [1.29, 1.82) is 0 Å². The molecule has 3 aliphatic rings. The van der Waals surface area contributed by atoms with Gasteiger partial charge in [-0.05, 0) is 24.6 Å². The maximum Gasteiger partial charge on any atom is 0.251 e. The number of rotatable bonds is 6. The molecule has 1 fully saturated rings. The van der Waals surface area contributed by atoms with Crippen molar-refractivity contribution < 1.29 is 14.3 Å². The van der Waals surface area contributed by atoms with E-state index < -0.39 is 6.10 Å². The normalized spacial score (nSPS) is 23.0. The Bertz CT molecular complexity index is 1400. The van der Waals surface area contributed by atoms with E-state index in [-0.39, 0.29) is 41.5 Å². The van der Waals surface area contributed by atoms with Gasteiger partial charge >= 0.3 is 0 Å². The van der Waals surface area contributed by atoms with Crippen molar-refractivity contribution in [3.05, 3.63) is 57.9 Å². The molecule has 0 saturated carbocycles. The fraction of sp³-hybridized carbons (Fsp3) is 0.440. The zero-order valence-corrected chi connectivity index (χ0v) is 21.7. The molecule has 0 bridgehead atoms. The Balaban J connectivity index is 0.00000280. The van der Waals surface area contributed by atoms with Crippen LogP contribution in [-0.4, -0.2) is 68.5 Å². The summed E-state index contributed by atoms with van der Waals surface area (Å²) in [6.07, 6.45) is 1.46. The lowest BCUT2D eigenvalue weighted by atomic mass is 9.92. The van der Waals surface area contributed by atoms with Crippen LogP contribution in [0.2, 0.25) is 0 Å². The zero-order chi connectivity index (χ0) is 24.8. The largest absolute Gasteiger partial charge is 0.393 e. The number of carbonyl (C=O) groups is 1. The van der Waals surface area contributed by atoms with Gasteiger partial charge in [0.1, 0.15) is 11.6 Å². The van der Waals surface area contributed by atoms with Crippen LogP contribution in [0.3, 0.4) is 0 Å². The Morgan fingerprint density at radius 3 is 2.95 bits per heavy atom. The molecule has 1 unspecified atom stereocenters. The lowest BCUT2D eigenvalue weighted by Crippen LogP contribution is -2.48. The first-order chi connectivity index (χ1) is 17.5. The summed E-state index contributed by atoms with van der Waals surface area (Å²) in [5.41, 5.74) is 2.50. The van der Waals surface area contributed by atoms with Crippen LogP contribution in [0, 0.1) is 11.7 Å². The van der Waals surface area contributed by atoms with Crippen LogP contribution in [0.25, 0.3) is 11.0 Å². The first-order valence-electron chi connectivity index (χ1n) is 12.2. The van der Waals surface area contributed by atoms with Crippen molar-refractivity contribution in [2.45, 2.75) is 36.4 Å². The number of thioether (sulfide) groups is 1. The van der Waals surface area contributed by atoms with Crippen LogP contribution in [0.15, 0.2) is 40.2 Å². The number of fused-ring (bicyclic) bond motifs is 1. The zero-order valence-electron chi connectivity index (χ0n) is 20.0. The number of amides is 1.